The van der Waals surface area contributed by atoms with Crippen LogP contribution in [0.25, 0.3) is 0 Å². The van der Waals surface area contributed by atoms with Crippen LogP contribution in [0.5, 0.6) is 0 Å². The highest BCUT2D eigenvalue weighted by Crippen LogP contribution is 2.32. The Morgan fingerprint density at radius 2 is 1.95 bits per heavy atom. The van der Waals surface area contributed by atoms with Gasteiger partial charge in [-0.2, -0.15) is 0 Å². The number of amides is 2. The number of nitrogens with one attached hydrogen (secondary N) is 3. The van der Waals surface area contributed by atoms with E-state index in [-0.39, 0.29) is 11.8 Å². The molecule has 2 saturated heterocycles. The third kappa shape index (κ3) is 4.97. The van der Waals surface area contributed by atoms with Crippen molar-refractivity contribution in [2.45, 2.75) is 57.2 Å². The Kier molecular flexibility index (Phi) is 5.99. The zero-order chi connectivity index (χ0) is 15.2. The summed E-state index contributed by atoms with van der Waals surface area (Å²) >= 11 is 0. The van der Waals surface area contributed by atoms with Crippen molar-refractivity contribution >= 4 is 11.8 Å². The van der Waals surface area contributed by atoms with Crippen LogP contribution < -0.4 is 16.0 Å². The van der Waals surface area contributed by atoms with Gasteiger partial charge in [0, 0.05) is 32.2 Å². The topological polar surface area (TPSA) is 79.5 Å². The van der Waals surface area contributed by atoms with Gasteiger partial charge in [0.1, 0.15) is 6.04 Å². The highest BCUT2D eigenvalue weighted by Gasteiger charge is 2.34. The lowest BCUT2D eigenvalue weighted by Gasteiger charge is -2.28. The summed E-state index contributed by atoms with van der Waals surface area (Å²) in [6.07, 6.45) is 5.17. The Balaban J connectivity index is 1.67. The normalized spacial score (nSPS) is 29.0. The van der Waals surface area contributed by atoms with Crippen LogP contribution in [-0.4, -0.2) is 50.2 Å². The highest BCUT2D eigenvalue weighted by molar-refractivity contribution is 5.87. The lowest BCUT2D eigenvalue weighted by Crippen LogP contribution is -2.46. The number of methoxy groups -OCH3 is 1. The number of piperidine rings is 1. The molecule has 3 N–H and O–H groups in total. The van der Waals surface area contributed by atoms with Crippen molar-refractivity contribution in [3.63, 3.8) is 0 Å². The molecule has 2 rings (SSSR count). The van der Waals surface area contributed by atoms with Crippen molar-refractivity contribution in [1.29, 1.82) is 0 Å². The van der Waals surface area contributed by atoms with E-state index < -0.39 is 6.04 Å². The molecule has 6 nitrogen and oxygen atoms in total. The van der Waals surface area contributed by atoms with Gasteiger partial charge in [0.25, 0.3) is 0 Å². The molecular weight excluding hydrogens is 270 g/mol. The van der Waals surface area contributed by atoms with Crippen molar-refractivity contribution in [2.75, 3.05) is 20.3 Å². The van der Waals surface area contributed by atoms with Gasteiger partial charge in [0.05, 0.1) is 6.61 Å². The average molecular weight is 297 g/mol. The van der Waals surface area contributed by atoms with Crippen LogP contribution in [-0.2, 0) is 14.3 Å². The molecule has 2 amide bonds. The predicted molar refractivity (Wildman–Crippen MR) is 79.8 cm³/mol. The van der Waals surface area contributed by atoms with Crippen LogP contribution in [0.4, 0.5) is 0 Å². The molecule has 0 spiro atoms. The number of carbonyl (C=O) groups is 2. The van der Waals surface area contributed by atoms with E-state index in [0.29, 0.717) is 37.6 Å². The van der Waals surface area contributed by atoms with Gasteiger partial charge in [-0.15, -0.1) is 0 Å². The molecule has 0 radical (unpaired) electrons. The van der Waals surface area contributed by atoms with Crippen LogP contribution in [0, 0.1) is 5.92 Å². The van der Waals surface area contributed by atoms with Gasteiger partial charge >= 0.3 is 0 Å². The number of hydrogen-bond acceptors (Lipinski definition) is 4. The molecule has 21 heavy (non-hydrogen) atoms. The summed E-state index contributed by atoms with van der Waals surface area (Å²) in [5.41, 5.74) is 0. The standard InChI is InChI=1S/C15H27N3O3/c1-10(15(20)16-5-6-21-2)17-14(19)9-11-7-12-3-4-13(8-11)18-12/h10-13,18H,3-9H2,1-2H3,(H,16,20)(H,17,19). The fourth-order valence-corrected chi connectivity index (χ4v) is 3.40. The van der Waals surface area contributed by atoms with Gasteiger partial charge in [-0.05, 0) is 38.5 Å². The second-order valence-corrected chi connectivity index (χ2v) is 6.25. The molecule has 3 unspecified atom stereocenters. The number of fused-ring (bicyclic) bond motifs is 2. The molecular formula is C15H27N3O3. The Morgan fingerprint density at radius 1 is 1.29 bits per heavy atom. The smallest absolute Gasteiger partial charge is 0.242 e. The quantitative estimate of drug-likeness (QED) is 0.586. The van der Waals surface area contributed by atoms with Crippen LogP contribution in [0.1, 0.15) is 39.0 Å². The molecule has 120 valence electrons. The monoisotopic (exact) mass is 297 g/mol. The molecule has 2 heterocycles. The van der Waals surface area contributed by atoms with E-state index in [1.807, 2.05) is 0 Å². The second kappa shape index (κ2) is 7.75. The molecule has 0 aromatic heterocycles. The van der Waals surface area contributed by atoms with Crippen molar-refractivity contribution in [1.82, 2.24) is 16.0 Å². The molecule has 3 atom stereocenters. The summed E-state index contributed by atoms with van der Waals surface area (Å²) in [6.45, 7) is 2.66. The number of rotatable bonds is 7. The van der Waals surface area contributed by atoms with E-state index >= 15 is 0 Å². The number of ether oxygens (including phenoxy) is 1. The third-order valence-electron chi connectivity index (χ3n) is 4.42. The van der Waals surface area contributed by atoms with Gasteiger partial charge in [0.2, 0.25) is 11.8 Å². The van der Waals surface area contributed by atoms with E-state index in [9.17, 15) is 9.59 Å². The highest BCUT2D eigenvalue weighted by atomic mass is 16.5. The largest absolute Gasteiger partial charge is 0.383 e. The Labute approximate surface area is 126 Å². The van der Waals surface area contributed by atoms with Crippen molar-refractivity contribution in [3.05, 3.63) is 0 Å². The molecule has 0 aromatic carbocycles. The zero-order valence-corrected chi connectivity index (χ0v) is 13.0. The molecule has 0 aromatic rings. The first kappa shape index (κ1) is 16.2. The minimum absolute atomic E-state index is 0.0179. The molecule has 2 fully saturated rings. The molecule has 0 aliphatic carbocycles. The Morgan fingerprint density at radius 3 is 2.57 bits per heavy atom. The van der Waals surface area contributed by atoms with E-state index in [4.69, 9.17) is 4.74 Å². The molecule has 2 bridgehead atoms. The molecule has 2 aliphatic heterocycles. The zero-order valence-electron chi connectivity index (χ0n) is 13.0. The maximum atomic E-state index is 12.1. The van der Waals surface area contributed by atoms with E-state index in [2.05, 4.69) is 16.0 Å². The lowest BCUT2D eigenvalue weighted by molar-refractivity contribution is -0.129. The fraction of sp³-hybridized carbons (Fsp3) is 0.867. The van der Waals surface area contributed by atoms with Gasteiger partial charge in [0.15, 0.2) is 0 Å². The van der Waals surface area contributed by atoms with Crippen molar-refractivity contribution < 1.29 is 14.3 Å². The van der Waals surface area contributed by atoms with Crippen molar-refractivity contribution in [3.8, 4) is 0 Å². The Hall–Kier alpha value is -1.14. The van der Waals surface area contributed by atoms with Gasteiger partial charge in [-0.25, -0.2) is 0 Å². The lowest BCUT2D eigenvalue weighted by atomic mass is 9.89. The molecule has 6 heteroatoms. The third-order valence-corrected chi connectivity index (χ3v) is 4.42. The fourth-order valence-electron chi connectivity index (χ4n) is 3.40. The van der Waals surface area contributed by atoms with Crippen molar-refractivity contribution in [2.24, 2.45) is 5.92 Å². The summed E-state index contributed by atoms with van der Waals surface area (Å²) in [4.78, 5) is 23.8. The first-order valence-corrected chi connectivity index (χ1v) is 7.90. The minimum Gasteiger partial charge on any atom is -0.383 e. The maximum absolute atomic E-state index is 12.1. The van der Waals surface area contributed by atoms with Crippen LogP contribution in [0.2, 0.25) is 0 Å². The second-order valence-electron chi connectivity index (χ2n) is 6.25. The molecule has 0 saturated carbocycles. The summed E-state index contributed by atoms with van der Waals surface area (Å²) in [5, 5.41) is 9.09. The summed E-state index contributed by atoms with van der Waals surface area (Å²) in [6, 6.07) is 0.695. The average Bonchev–Trinajstić information content (AvgIpc) is 2.77. The maximum Gasteiger partial charge on any atom is 0.242 e. The van der Waals surface area contributed by atoms with Crippen LogP contribution in [0.15, 0.2) is 0 Å². The summed E-state index contributed by atoms with van der Waals surface area (Å²) in [5.74, 6) is 0.272. The number of hydrogen-bond donors (Lipinski definition) is 3. The predicted octanol–water partition coefficient (Wildman–Crippen LogP) is 0.174. The summed E-state index contributed by atoms with van der Waals surface area (Å²) < 4.78 is 4.87. The summed E-state index contributed by atoms with van der Waals surface area (Å²) in [7, 11) is 1.59. The van der Waals surface area contributed by atoms with Crippen LogP contribution >= 0.6 is 0 Å². The van der Waals surface area contributed by atoms with E-state index in [0.717, 1.165) is 12.8 Å². The SMILES string of the molecule is COCCNC(=O)C(C)NC(=O)CC1CC2CCC(C1)N2. The first-order chi connectivity index (χ1) is 10.1. The first-order valence-electron chi connectivity index (χ1n) is 7.90. The Bertz CT molecular complexity index is 363. The van der Waals surface area contributed by atoms with E-state index in [1.165, 1.54) is 12.8 Å². The van der Waals surface area contributed by atoms with Crippen LogP contribution in [0.3, 0.4) is 0 Å². The van der Waals surface area contributed by atoms with E-state index in [1.54, 1.807) is 14.0 Å². The van der Waals surface area contributed by atoms with Gasteiger partial charge < -0.3 is 20.7 Å². The van der Waals surface area contributed by atoms with Gasteiger partial charge in [-0.1, -0.05) is 0 Å². The van der Waals surface area contributed by atoms with Gasteiger partial charge in [-0.3, -0.25) is 9.59 Å². The minimum atomic E-state index is -0.493. The molecule has 2 aliphatic rings. The number of carbonyl (C=O) groups excluding carboxylic acids is 2.